The van der Waals surface area contributed by atoms with Gasteiger partial charge in [0.15, 0.2) is 34.6 Å². The molecule has 8 aromatic heterocycles. The molecule has 6 N–H and O–H groups in total. The van der Waals surface area contributed by atoms with E-state index in [1.54, 1.807) is 37.1 Å². The van der Waals surface area contributed by atoms with Crippen LogP contribution in [0.3, 0.4) is 0 Å². The highest BCUT2D eigenvalue weighted by Gasteiger charge is 2.23. The fourth-order valence-corrected chi connectivity index (χ4v) is 5.77. The zero-order valence-electron chi connectivity index (χ0n) is 29.0. The minimum absolute atomic E-state index is 0.0484. The number of nitrogens with one attached hydrogen (secondary N) is 2. The second-order valence-corrected chi connectivity index (χ2v) is 11.9. The Labute approximate surface area is 303 Å². The van der Waals surface area contributed by atoms with E-state index >= 15 is 0 Å². The summed E-state index contributed by atoms with van der Waals surface area (Å²) in [6.07, 6.45) is 13.9. The Bertz CT molecular complexity index is 2710. The quantitative estimate of drug-likeness (QED) is 0.192. The standard InChI is InChI=1S/2C17H15FN8O/c1-9-21-7-13(25(9)2)11-3-4-20-6-12(11)23-17(27)14-15(19)24-26-8-10(18)5-22-16(14)26;1-9-14(25(2)8-22-9)11-3-4-20-6-12(11)23-17(27)13-15(19)24-26-7-10(18)5-21-16(13)26/h2*3-8H,1-2H3,(H2,19,24)(H,23,27). The number of hydrogen-bond donors (Lipinski definition) is 4. The summed E-state index contributed by atoms with van der Waals surface area (Å²) in [6.45, 7) is 3.76. The number of aromatic nitrogens is 12. The molecule has 272 valence electrons. The highest BCUT2D eigenvalue weighted by molar-refractivity contribution is 6.13. The first kappa shape index (κ1) is 34.8. The maximum absolute atomic E-state index is 13.3. The Morgan fingerprint density at radius 3 is 1.70 bits per heavy atom. The first-order valence-electron chi connectivity index (χ1n) is 16.0. The van der Waals surface area contributed by atoms with E-state index in [-0.39, 0.29) is 34.1 Å². The van der Waals surface area contributed by atoms with Crippen LogP contribution in [0.1, 0.15) is 32.2 Å². The van der Waals surface area contributed by atoms with Gasteiger partial charge in [0, 0.05) is 37.6 Å². The summed E-state index contributed by atoms with van der Waals surface area (Å²) in [5.74, 6) is -1.47. The molecule has 0 aromatic carbocycles. The highest BCUT2D eigenvalue weighted by Crippen LogP contribution is 2.31. The molecule has 18 nitrogen and oxygen atoms in total. The van der Waals surface area contributed by atoms with Gasteiger partial charge >= 0.3 is 0 Å². The van der Waals surface area contributed by atoms with E-state index in [4.69, 9.17) is 11.5 Å². The van der Waals surface area contributed by atoms with E-state index in [2.05, 4.69) is 50.7 Å². The molecule has 0 atom stereocenters. The SMILES string of the molecule is Cc1ncc(-c2ccncc2NC(=O)c2c(N)nn3cc(F)cnc23)n1C.Cc1ncn(C)c1-c1ccncc1NC(=O)c1c(N)nn2cc(F)cnc12. The minimum Gasteiger partial charge on any atom is -0.381 e. The third-order valence-corrected chi connectivity index (χ3v) is 8.40. The summed E-state index contributed by atoms with van der Waals surface area (Å²) in [4.78, 5) is 50.2. The molecular weight excluding hydrogens is 702 g/mol. The first-order chi connectivity index (χ1) is 25.9. The lowest BCUT2D eigenvalue weighted by Crippen LogP contribution is -2.15. The van der Waals surface area contributed by atoms with Gasteiger partial charge in [-0.05, 0) is 26.0 Å². The monoisotopic (exact) mass is 732 g/mol. The predicted molar refractivity (Wildman–Crippen MR) is 193 cm³/mol. The van der Waals surface area contributed by atoms with Crippen LogP contribution in [0.4, 0.5) is 31.8 Å². The molecule has 0 aliphatic rings. The topological polar surface area (TPSA) is 232 Å². The average molecular weight is 733 g/mol. The molecule has 54 heavy (non-hydrogen) atoms. The van der Waals surface area contributed by atoms with Crippen molar-refractivity contribution in [3.63, 3.8) is 0 Å². The number of nitrogens with zero attached hydrogens (tertiary/aromatic N) is 12. The van der Waals surface area contributed by atoms with Crippen molar-refractivity contribution >= 4 is 46.1 Å². The normalized spacial score (nSPS) is 11.1. The number of rotatable bonds is 6. The van der Waals surface area contributed by atoms with E-state index in [0.717, 1.165) is 67.9 Å². The molecule has 20 heteroatoms. The Hall–Kier alpha value is -7.64. The molecule has 8 aromatic rings. The first-order valence-corrected chi connectivity index (χ1v) is 16.0. The highest BCUT2D eigenvalue weighted by atomic mass is 19.1. The number of carbonyl (C=O) groups is 2. The van der Waals surface area contributed by atoms with E-state index in [1.807, 2.05) is 37.1 Å². The van der Waals surface area contributed by atoms with Gasteiger partial charge in [0.25, 0.3) is 11.8 Å². The van der Waals surface area contributed by atoms with Crippen molar-refractivity contribution in [2.75, 3.05) is 22.1 Å². The molecule has 0 spiro atoms. The summed E-state index contributed by atoms with van der Waals surface area (Å²) in [6, 6.07) is 3.56. The molecule has 0 saturated heterocycles. The summed E-state index contributed by atoms with van der Waals surface area (Å²) in [5, 5.41) is 13.5. The van der Waals surface area contributed by atoms with Crippen molar-refractivity contribution in [1.82, 2.24) is 58.3 Å². The summed E-state index contributed by atoms with van der Waals surface area (Å²) >= 11 is 0. The van der Waals surface area contributed by atoms with Gasteiger partial charge in [-0.1, -0.05) is 0 Å². The van der Waals surface area contributed by atoms with Gasteiger partial charge in [-0.15, -0.1) is 10.2 Å². The van der Waals surface area contributed by atoms with Crippen molar-refractivity contribution in [3.8, 4) is 22.5 Å². The molecule has 0 bridgehead atoms. The zero-order valence-corrected chi connectivity index (χ0v) is 29.0. The number of nitrogen functional groups attached to an aromatic ring is 2. The van der Waals surface area contributed by atoms with Crippen LogP contribution in [-0.4, -0.2) is 70.1 Å². The molecule has 0 unspecified atom stereocenters. The van der Waals surface area contributed by atoms with Gasteiger partial charge in [-0.2, -0.15) is 0 Å². The number of imidazole rings is 2. The van der Waals surface area contributed by atoms with Crippen LogP contribution >= 0.6 is 0 Å². The number of fused-ring (bicyclic) bond motifs is 2. The Morgan fingerprint density at radius 2 is 1.22 bits per heavy atom. The summed E-state index contributed by atoms with van der Waals surface area (Å²) in [7, 11) is 3.74. The molecule has 8 rings (SSSR count). The van der Waals surface area contributed by atoms with Crippen molar-refractivity contribution in [3.05, 3.63) is 109 Å². The number of pyridine rings is 2. The van der Waals surface area contributed by atoms with Crippen molar-refractivity contribution < 1.29 is 18.4 Å². The molecule has 0 saturated carbocycles. The van der Waals surface area contributed by atoms with Crippen LogP contribution in [0.5, 0.6) is 0 Å². The number of hydrogen-bond acceptors (Lipinski definition) is 12. The van der Waals surface area contributed by atoms with E-state index in [1.165, 1.54) is 12.4 Å². The van der Waals surface area contributed by atoms with Crippen LogP contribution in [0.2, 0.25) is 0 Å². The largest absolute Gasteiger partial charge is 0.381 e. The second kappa shape index (κ2) is 13.8. The third-order valence-electron chi connectivity index (χ3n) is 8.40. The van der Waals surface area contributed by atoms with Gasteiger partial charge in [0.2, 0.25) is 0 Å². The van der Waals surface area contributed by atoms with Crippen molar-refractivity contribution in [1.29, 1.82) is 0 Å². The molecule has 8 heterocycles. The van der Waals surface area contributed by atoms with Crippen LogP contribution in [0.15, 0.2) is 74.2 Å². The lowest BCUT2D eigenvalue weighted by Gasteiger charge is -2.11. The average Bonchev–Trinajstić information content (AvgIpc) is 3.86. The summed E-state index contributed by atoms with van der Waals surface area (Å²) in [5.41, 5.74) is 17.1. The van der Waals surface area contributed by atoms with Crippen molar-refractivity contribution in [2.45, 2.75) is 13.8 Å². The number of halogens is 2. The van der Waals surface area contributed by atoms with E-state index in [0.29, 0.717) is 11.4 Å². The van der Waals surface area contributed by atoms with Gasteiger partial charge < -0.3 is 31.2 Å². The van der Waals surface area contributed by atoms with E-state index in [9.17, 15) is 18.4 Å². The van der Waals surface area contributed by atoms with Gasteiger partial charge in [0.1, 0.15) is 17.0 Å². The number of aryl methyl sites for hydroxylation is 3. The maximum Gasteiger partial charge on any atom is 0.263 e. The molecule has 0 aliphatic heterocycles. The smallest absolute Gasteiger partial charge is 0.263 e. The number of anilines is 4. The molecule has 0 fully saturated rings. The second-order valence-electron chi connectivity index (χ2n) is 11.9. The Morgan fingerprint density at radius 1 is 0.704 bits per heavy atom. The molecular formula is C34H30F2N16O2. The lowest BCUT2D eigenvalue weighted by molar-refractivity contribution is 0.102. The Kier molecular flexibility index (Phi) is 8.91. The fourth-order valence-electron chi connectivity index (χ4n) is 5.77. The summed E-state index contributed by atoms with van der Waals surface area (Å²) < 4.78 is 32.7. The fraction of sp³-hybridized carbons (Fsp3) is 0.118. The maximum atomic E-state index is 13.3. The number of nitrogens with two attached hydrogens (primary N) is 2. The predicted octanol–water partition coefficient (Wildman–Crippen LogP) is 3.61. The van der Waals surface area contributed by atoms with Crippen molar-refractivity contribution in [2.24, 2.45) is 14.1 Å². The molecule has 2 amide bonds. The van der Waals surface area contributed by atoms with Crippen LogP contribution in [0, 0.1) is 25.5 Å². The molecule has 0 aliphatic carbocycles. The lowest BCUT2D eigenvalue weighted by atomic mass is 10.1. The van der Waals surface area contributed by atoms with Crippen LogP contribution < -0.4 is 22.1 Å². The zero-order chi connectivity index (χ0) is 38.3. The van der Waals surface area contributed by atoms with Gasteiger partial charge in [0.05, 0.1) is 78.2 Å². The van der Waals surface area contributed by atoms with Crippen LogP contribution in [-0.2, 0) is 14.1 Å². The Balaban J connectivity index is 0.000000167. The molecule has 0 radical (unpaired) electrons. The third kappa shape index (κ3) is 6.38. The van der Waals surface area contributed by atoms with Crippen LogP contribution in [0.25, 0.3) is 33.8 Å². The number of carbonyl (C=O) groups excluding carboxylic acids is 2. The van der Waals surface area contributed by atoms with Gasteiger partial charge in [-0.25, -0.2) is 37.7 Å². The van der Waals surface area contributed by atoms with E-state index < -0.39 is 23.4 Å². The number of amides is 2. The minimum atomic E-state index is -0.585. The van der Waals surface area contributed by atoms with Gasteiger partial charge in [-0.3, -0.25) is 19.6 Å².